The Kier molecular flexibility index (Phi) is 6.36. The summed E-state index contributed by atoms with van der Waals surface area (Å²) < 4.78 is 10.6. The molecule has 0 atom stereocenters. The Hall–Kier alpha value is -2.62. The molecule has 0 N–H and O–H groups in total. The van der Waals surface area contributed by atoms with Crippen LogP contribution >= 0.6 is 0 Å². The highest BCUT2D eigenvalue weighted by Gasteiger charge is 2.16. The van der Waals surface area contributed by atoms with E-state index in [1.807, 2.05) is 48.5 Å². The second-order valence-corrected chi connectivity index (χ2v) is 4.99. The summed E-state index contributed by atoms with van der Waals surface area (Å²) in [4.78, 5) is 16.9. The van der Waals surface area contributed by atoms with Crippen molar-refractivity contribution in [1.29, 1.82) is 0 Å². The van der Waals surface area contributed by atoms with Gasteiger partial charge >= 0.3 is 5.97 Å². The Bertz CT molecular complexity index is 665. The predicted octanol–water partition coefficient (Wildman–Crippen LogP) is 4.16. The van der Waals surface area contributed by atoms with E-state index in [2.05, 4.69) is 11.9 Å². The van der Waals surface area contributed by atoms with Gasteiger partial charge in [-0.15, -0.1) is 0 Å². The highest BCUT2D eigenvalue weighted by atomic mass is 16.5. The topological polar surface area (TPSA) is 47.9 Å². The molecule has 0 saturated carbocycles. The minimum Gasteiger partial charge on any atom is -0.494 e. The van der Waals surface area contributed by atoms with Gasteiger partial charge in [-0.1, -0.05) is 55.8 Å². The molecule has 4 nitrogen and oxygen atoms in total. The molecule has 2 aromatic carbocycles. The van der Waals surface area contributed by atoms with Gasteiger partial charge in [-0.3, -0.25) is 0 Å². The number of unbranched alkanes of at least 4 members (excludes halogenated alkanes) is 1. The molecule has 23 heavy (non-hydrogen) atoms. The Morgan fingerprint density at radius 1 is 1.04 bits per heavy atom. The number of carbonyl (C=O) groups is 1. The lowest BCUT2D eigenvalue weighted by Crippen LogP contribution is -2.19. The van der Waals surface area contributed by atoms with Gasteiger partial charge in [0.15, 0.2) is 5.71 Å². The Morgan fingerprint density at radius 2 is 1.74 bits per heavy atom. The molecule has 0 spiro atoms. The van der Waals surface area contributed by atoms with Gasteiger partial charge in [-0.05, 0) is 18.6 Å². The maximum Gasteiger partial charge on any atom is 0.357 e. The van der Waals surface area contributed by atoms with Gasteiger partial charge in [-0.2, -0.15) is 0 Å². The van der Waals surface area contributed by atoms with E-state index < -0.39 is 5.97 Å². The average molecular weight is 311 g/mol. The lowest BCUT2D eigenvalue weighted by atomic mass is 10.1. The van der Waals surface area contributed by atoms with Crippen LogP contribution in [0.5, 0.6) is 5.75 Å². The van der Waals surface area contributed by atoms with Crippen LogP contribution in [0.4, 0.5) is 5.69 Å². The van der Waals surface area contributed by atoms with Crippen LogP contribution in [0.25, 0.3) is 0 Å². The number of methoxy groups -OCH3 is 1. The molecule has 0 unspecified atom stereocenters. The lowest BCUT2D eigenvalue weighted by molar-refractivity contribution is -0.135. The summed E-state index contributed by atoms with van der Waals surface area (Å²) in [5, 5.41) is 0. The van der Waals surface area contributed by atoms with Crippen molar-refractivity contribution in [3.8, 4) is 5.75 Å². The van der Waals surface area contributed by atoms with Crippen molar-refractivity contribution in [2.75, 3.05) is 13.7 Å². The van der Waals surface area contributed by atoms with E-state index >= 15 is 0 Å². The molecule has 0 heterocycles. The van der Waals surface area contributed by atoms with Gasteiger partial charge in [0.25, 0.3) is 0 Å². The molecule has 0 aliphatic heterocycles. The van der Waals surface area contributed by atoms with Crippen LogP contribution in [0.15, 0.2) is 59.6 Å². The number of hydrogen-bond acceptors (Lipinski definition) is 4. The molecule has 0 radical (unpaired) electrons. The lowest BCUT2D eigenvalue weighted by Gasteiger charge is -2.09. The fraction of sp³-hybridized carbons (Fsp3) is 0.263. The molecule has 0 fully saturated rings. The van der Waals surface area contributed by atoms with E-state index in [0.717, 1.165) is 18.4 Å². The van der Waals surface area contributed by atoms with Gasteiger partial charge < -0.3 is 9.47 Å². The molecular weight excluding hydrogens is 290 g/mol. The summed E-state index contributed by atoms with van der Waals surface area (Å²) in [7, 11) is 1.58. The number of nitrogens with zero attached hydrogens (tertiary/aromatic N) is 1. The largest absolute Gasteiger partial charge is 0.494 e. The normalized spacial score (nSPS) is 11.1. The molecule has 2 aromatic rings. The van der Waals surface area contributed by atoms with Crippen LogP contribution < -0.4 is 4.74 Å². The van der Waals surface area contributed by atoms with Crippen LogP contribution in [0, 0.1) is 0 Å². The highest BCUT2D eigenvalue weighted by Crippen LogP contribution is 2.27. The Balaban J connectivity index is 2.37. The molecule has 4 heteroatoms. The number of para-hydroxylation sites is 2. The van der Waals surface area contributed by atoms with E-state index in [4.69, 9.17) is 9.47 Å². The number of benzene rings is 2. The van der Waals surface area contributed by atoms with E-state index in [1.54, 1.807) is 13.2 Å². The quantitative estimate of drug-likeness (QED) is 0.438. The maximum absolute atomic E-state index is 12.4. The molecule has 0 saturated heterocycles. The van der Waals surface area contributed by atoms with Crippen LogP contribution in [-0.4, -0.2) is 25.4 Å². The fourth-order valence-corrected chi connectivity index (χ4v) is 2.04. The highest BCUT2D eigenvalue weighted by molar-refractivity contribution is 6.43. The standard InChI is InChI=1S/C19H21NO3/c1-3-4-14-23-19(21)18(15-10-6-5-7-11-15)20-16-12-8-9-13-17(16)22-2/h5-13H,3-4,14H2,1-2H3. The van der Waals surface area contributed by atoms with Crippen molar-refractivity contribution in [3.05, 3.63) is 60.2 Å². The molecule has 2 rings (SSSR count). The first-order chi connectivity index (χ1) is 11.3. The number of esters is 1. The average Bonchev–Trinajstić information content (AvgIpc) is 2.60. The van der Waals surface area contributed by atoms with Gasteiger partial charge in [-0.25, -0.2) is 9.79 Å². The summed E-state index contributed by atoms with van der Waals surface area (Å²) >= 11 is 0. The summed E-state index contributed by atoms with van der Waals surface area (Å²) in [5.74, 6) is 0.192. The van der Waals surface area contributed by atoms with E-state index in [1.165, 1.54) is 0 Å². The van der Waals surface area contributed by atoms with Gasteiger partial charge in [0.1, 0.15) is 11.4 Å². The third-order valence-corrected chi connectivity index (χ3v) is 3.29. The third kappa shape index (κ3) is 4.68. The molecule has 0 amide bonds. The number of carbonyl (C=O) groups excluding carboxylic acids is 1. The molecule has 120 valence electrons. The zero-order valence-electron chi connectivity index (χ0n) is 13.5. The van der Waals surface area contributed by atoms with E-state index in [-0.39, 0.29) is 5.71 Å². The van der Waals surface area contributed by atoms with Gasteiger partial charge in [0.2, 0.25) is 0 Å². The third-order valence-electron chi connectivity index (χ3n) is 3.29. The minimum atomic E-state index is -0.421. The molecule has 0 bridgehead atoms. The summed E-state index contributed by atoms with van der Waals surface area (Å²) in [5.41, 5.74) is 1.60. The second kappa shape index (κ2) is 8.73. The van der Waals surface area contributed by atoms with Crippen molar-refractivity contribution in [1.82, 2.24) is 0 Å². The van der Waals surface area contributed by atoms with E-state index in [9.17, 15) is 4.79 Å². The van der Waals surface area contributed by atoms with Crippen LogP contribution in [-0.2, 0) is 9.53 Å². The van der Waals surface area contributed by atoms with Gasteiger partial charge in [0.05, 0.1) is 13.7 Å². The molecule has 0 aromatic heterocycles. The first kappa shape index (κ1) is 16.7. The zero-order chi connectivity index (χ0) is 16.5. The van der Waals surface area contributed by atoms with Crippen LogP contribution in [0.3, 0.4) is 0 Å². The number of ether oxygens (including phenoxy) is 2. The summed E-state index contributed by atoms with van der Waals surface area (Å²) in [6.07, 6.45) is 1.81. The summed E-state index contributed by atoms with van der Waals surface area (Å²) in [6, 6.07) is 16.6. The monoisotopic (exact) mass is 311 g/mol. The van der Waals surface area contributed by atoms with Crippen LogP contribution in [0.2, 0.25) is 0 Å². The Labute approximate surface area is 136 Å². The first-order valence-electron chi connectivity index (χ1n) is 7.70. The predicted molar refractivity (Wildman–Crippen MR) is 91.5 cm³/mol. The molecular formula is C19H21NO3. The maximum atomic E-state index is 12.4. The molecule has 0 aliphatic rings. The first-order valence-corrected chi connectivity index (χ1v) is 7.70. The Morgan fingerprint density at radius 3 is 2.43 bits per heavy atom. The molecule has 0 aliphatic carbocycles. The van der Waals surface area contributed by atoms with Gasteiger partial charge in [0, 0.05) is 5.56 Å². The zero-order valence-corrected chi connectivity index (χ0v) is 13.5. The van der Waals surface area contributed by atoms with Crippen molar-refractivity contribution in [3.63, 3.8) is 0 Å². The fourth-order valence-electron chi connectivity index (χ4n) is 2.04. The van der Waals surface area contributed by atoms with Crippen LogP contribution in [0.1, 0.15) is 25.3 Å². The van der Waals surface area contributed by atoms with E-state index in [0.29, 0.717) is 18.0 Å². The SMILES string of the molecule is CCCCOC(=O)C(=Nc1ccccc1OC)c1ccccc1. The number of aliphatic imine (C=N–C) groups is 1. The summed E-state index contributed by atoms with van der Waals surface area (Å²) in [6.45, 7) is 2.45. The number of hydrogen-bond donors (Lipinski definition) is 0. The van der Waals surface area contributed by atoms with Crippen molar-refractivity contribution in [2.45, 2.75) is 19.8 Å². The van der Waals surface area contributed by atoms with Crippen molar-refractivity contribution in [2.24, 2.45) is 4.99 Å². The van der Waals surface area contributed by atoms with Crippen molar-refractivity contribution < 1.29 is 14.3 Å². The minimum absolute atomic E-state index is 0.284. The van der Waals surface area contributed by atoms with Crippen molar-refractivity contribution >= 4 is 17.4 Å². The number of rotatable bonds is 7. The smallest absolute Gasteiger partial charge is 0.357 e. The second-order valence-electron chi connectivity index (χ2n) is 4.99.